The molecule has 1 aromatic rings. The molecule has 152 valence electrons. The molecule has 1 aromatic carbocycles. The standard InChI is InChI=1S/C20H23F3N2O3/c21-20(22,23)15-7-8-17(25-9-3-4-10-25)16(12-15)24-18(26)13-28-19(27)11-14-5-1-2-6-14/h1,5,7-8,12,14H,2-4,6,9-11,13H2,(H,24,26)/t14-/m1/s1. The lowest BCUT2D eigenvalue weighted by atomic mass is 10.1. The number of halogens is 3. The van der Waals surface area contributed by atoms with Gasteiger partial charge in [0.2, 0.25) is 0 Å². The Labute approximate surface area is 161 Å². The first-order chi connectivity index (χ1) is 13.3. The van der Waals surface area contributed by atoms with Gasteiger partial charge in [0.05, 0.1) is 23.4 Å². The molecule has 0 radical (unpaired) electrons. The van der Waals surface area contributed by atoms with Crippen molar-refractivity contribution >= 4 is 23.3 Å². The summed E-state index contributed by atoms with van der Waals surface area (Å²) >= 11 is 0. The summed E-state index contributed by atoms with van der Waals surface area (Å²) in [6.07, 6.45) is 3.34. The molecule has 0 spiro atoms. The average molecular weight is 396 g/mol. The van der Waals surface area contributed by atoms with Gasteiger partial charge in [0.1, 0.15) is 0 Å². The maximum Gasteiger partial charge on any atom is 0.416 e. The number of allylic oxidation sites excluding steroid dienone is 2. The first-order valence-electron chi connectivity index (χ1n) is 9.41. The molecule has 0 saturated carbocycles. The van der Waals surface area contributed by atoms with Crippen molar-refractivity contribution in [3.8, 4) is 0 Å². The van der Waals surface area contributed by atoms with Crippen LogP contribution < -0.4 is 10.2 Å². The molecule has 0 aromatic heterocycles. The summed E-state index contributed by atoms with van der Waals surface area (Å²) in [4.78, 5) is 25.9. The van der Waals surface area contributed by atoms with Crippen LogP contribution in [0.5, 0.6) is 0 Å². The van der Waals surface area contributed by atoms with E-state index in [0.29, 0.717) is 5.69 Å². The van der Waals surface area contributed by atoms with Crippen molar-refractivity contribution in [3.63, 3.8) is 0 Å². The summed E-state index contributed by atoms with van der Waals surface area (Å²) < 4.78 is 44.2. The van der Waals surface area contributed by atoms with Gasteiger partial charge in [-0.1, -0.05) is 12.2 Å². The summed E-state index contributed by atoms with van der Waals surface area (Å²) in [5, 5.41) is 2.48. The number of nitrogens with zero attached hydrogens (tertiary/aromatic N) is 1. The zero-order valence-corrected chi connectivity index (χ0v) is 15.4. The summed E-state index contributed by atoms with van der Waals surface area (Å²) in [5.74, 6) is -1.02. The predicted octanol–water partition coefficient (Wildman–Crippen LogP) is 4.14. The van der Waals surface area contributed by atoms with Crippen molar-refractivity contribution in [2.45, 2.75) is 38.3 Å². The Balaban J connectivity index is 1.64. The Bertz CT molecular complexity index is 756. The Morgan fingerprint density at radius 2 is 1.96 bits per heavy atom. The summed E-state index contributed by atoms with van der Waals surface area (Å²) in [5.41, 5.74) is -0.214. The van der Waals surface area contributed by atoms with E-state index in [0.717, 1.165) is 50.9 Å². The van der Waals surface area contributed by atoms with Crippen molar-refractivity contribution in [2.24, 2.45) is 5.92 Å². The van der Waals surface area contributed by atoms with Crippen LogP contribution in [0.3, 0.4) is 0 Å². The summed E-state index contributed by atoms with van der Waals surface area (Å²) in [6, 6.07) is 3.32. The molecule has 1 saturated heterocycles. The number of nitrogens with one attached hydrogen (secondary N) is 1. The molecule has 1 aliphatic carbocycles. The second-order valence-electron chi connectivity index (χ2n) is 7.10. The van der Waals surface area contributed by atoms with Crippen molar-refractivity contribution < 1.29 is 27.5 Å². The van der Waals surface area contributed by atoms with Crippen LogP contribution in [0.1, 0.15) is 37.7 Å². The molecule has 1 aliphatic heterocycles. The van der Waals surface area contributed by atoms with Crippen molar-refractivity contribution in [1.82, 2.24) is 0 Å². The van der Waals surface area contributed by atoms with E-state index in [1.807, 2.05) is 17.1 Å². The molecule has 3 rings (SSSR count). The SMILES string of the molecule is O=C(COC(=O)C[C@@H]1C=CCC1)Nc1cc(C(F)(F)F)ccc1N1CCCC1. The van der Waals surface area contributed by atoms with Crippen molar-refractivity contribution in [1.29, 1.82) is 0 Å². The topological polar surface area (TPSA) is 58.6 Å². The van der Waals surface area contributed by atoms with Gasteiger partial charge in [-0.15, -0.1) is 0 Å². The number of rotatable bonds is 6. The molecule has 2 aliphatic rings. The van der Waals surface area contributed by atoms with E-state index < -0.39 is 30.2 Å². The van der Waals surface area contributed by atoms with Crippen LogP contribution in [-0.4, -0.2) is 31.6 Å². The lowest BCUT2D eigenvalue weighted by Crippen LogP contribution is -2.25. The Kier molecular flexibility index (Phi) is 6.26. The molecule has 1 atom stereocenters. The zero-order chi connectivity index (χ0) is 20.1. The third-order valence-corrected chi connectivity index (χ3v) is 4.95. The maximum atomic E-state index is 13.1. The number of anilines is 2. The van der Waals surface area contributed by atoms with Crippen LogP contribution in [0.2, 0.25) is 0 Å². The van der Waals surface area contributed by atoms with Crippen molar-refractivity contribution in [2.75, 3.05) is 29.9 Å². The second-order valence-corrected chi connectivity index (χ2v) is 7.10. The van der Waals surface area contributed by atoms with Crippen molar-refractivity contribution in [3.05, 3.63) is 35.9 Å². The molecule has 28 heavy (non-hydrogen) atoms. The van der Waals surface area contributed by atoms with E-state index in [1.54, 1.807) is 0 Å². The molecule has 0 bridgehead atoms. The molecule has 1 N–H and O–H groups in total. The normalized spacial score (nSPS) is 19.1. The number of ether oxygens (including phenoxy) is 1. The lowest BCUT2D eigenvalue weighted by molar-refractivity contribution is -0.147. The van der Waals surface area contributed by atoms with E-state index in [2.05, 4.69) is 5.32 Å². The molecule has 1 amide bonds. The first-order valence-corrected chi connectivity index (χ1v) is 9.41. The zero-order valence-electron chi connectivity index (χ0n) is 15.4. The molecular formula is C20H23F3N2O3. The fraction of sp³-hybridized carbons (Fsp3) is 0.500. The highest BCUT2D eigenvalue weighted by molar-refractivity contribution is 5.96. The molecule has 8 heteroatoms. The van der Waals surface area contributed by atoms with Crippen LogP contribution in [0.4, 0.5) is 24.5 Å². The van der Waals surface area contributed by atoms with E-state index in [4.69, 9.17) is 4.74 Å². The average Bonchev–Trinajstić information content (AvgIpc) is 3.33. The third-order valence-electron chi connectivity index (χ3n) is 4.95. The first kappa shape index (κ1) is 20.2. The number of alkyl halides is 3. The fourth-order valence-corrected chi connectivity index (χ4v) is 3.52. The number of esters is 1. The highest BCUT2D eigenvalue weighted by atomic mass is 19.4. The van der Waals surface area contributed by atoms with Gasteiger partial charge in [0, 0.05) is 13.1 Å². The monoisotopic (exact) mass is 396 g/mol. The van der Waals surface area contributed by atoms with Gasteiger partial charge in [-0.25, -0.2) is 0 Å². The quantitative estimate of drug-likeness (QED) is 0.580. The van der Waals surface area contributed by atoms with E-state index in [-0.39, 0.29) is 18.0 Å². The van der Waals surface area contributed by atoms with Gasteiger partial charge in [0.15, 0.2) is 6.61 Å². The van der Waals surface area contributed by atoms with Crippen LogP contribution in [-0.2, 0) is 20.5 Å². The van der Waals surface area contributed by atoms with E-state index >= 15 is 0 Å². The fourth-order valence-electron chi connectivity index (χ4n) is 3.52. The number of hydrogen-bond donors (Lipinski definition) is 1. The van der Waals surface area contributed by atoms with Crippen LogP contribution in [0.25, 0.3) is 0 Å². The number of amides is 1. The van der Waals surface area contributed by atoms with Gasteiger partial charge in [-0.05, 0) is 49.8 Å². The summed E-state index contributed by atoms with van der Waals surface area (Å²) in [6.45, 7) is 0.918. The Morgan fingerprint density at radius 3 is 2.61 bits per heavy atom. The van der Waals surface area contributed by atoms with E-state index in [9.17, 15) is 22.8 Å². The van der Waals surface area contributed by atoms with E-state index in [1.165, 1.54) is 6.07 Å². The number of benzene rings is 1. The second kappa shape index (κ2) is 8.67. The third kappa shape index (κ3) is 5.27. The largest absolute Gasteiger partial charge is 0.456 e. The van der Waals surface area contributed by atoms with Crippen LogP contribution >= 0.6 is 0 Å². The van der Waals surface area contributed by atoms with Crippen LogP contribution in [0, 0.1) is 5.92 Å². The van der Waals surface area contributed by atoms with Gasteiger partial charge in [-0.3, -0.25) is 9.59 Å². The number of hydrogen-bond acceptors (Lipinski definition) is 4. The maximum absolute atomic E-state index is 13.1. The predicted molar refractivity (Wildman–Crippen MR) is 99.0 cm³/mol. The van der Waals surface area contributed by atoms with Gasteiger partial charge in [-0.2, -0.15) is 13.2 Å². The summed E-state index contributed by atoms with van der Waals surface area (Å²) in [7, 11) is 0. The van der Waals surface area contributed by atoms with Gasteiger partial charge >= 0.3 is 12.1 Å². The lowest BCUT2D eigenvalue weighted by Gasteiger charge is -2.23. The minimum Gasteiger partial charge on any atom is -0.456 e. The minimum atomic E-state index is -4.51. The Hall–Kier alpha value is -2.51. The molecular weight excluding hydrogens is 373 g/mol. The minimum absolute atomic E-state index is 0.0801. The Morgan fingerprint density at radius 1 is 1.21 bits per heavy atom. The van der Waals surface area contributed by atoms with Gasteiger partial charge < -0.3 is 15.0 Å². The molecule has 1 fully saturated rings. The molecule has 5 nitrogen and oxygen atoms in total. The van der Waals surface area contributed by atoms with Crippen LogP contribution in [0.15, 0.2) is 30.4 Å². The number of carbonyl (C=O) groups excluding carboxylic acids is 2. The number of carbonyl (C=O) groups is 2. The highest BCUT2D eigenvalue weighted by Gasteiger charge is 2.32. The van der Waals surface area contributed by atoms with Gasteiger partial charge in [0.25, 0.3) is 5.91 Å². The molecule has 1 heterocycles. The highest BCUT2D eigenvalue weighted by Crippen LogP contribution is 2.36. The smallest absolute Gasteiger partial charge is 0.416 e. The molecule has 0 unspecified atom stereocenters.